The van der Waals surface area contributed by atoms with E-state index >= 15 is 0 Å². The van der Waals surface area contributed by atoms with Gasteiger partial charge < -0.3 is 4.42 Å². The number of hydrazone groups is 1. The highest BCUT2D eigenvalue weighted by molar-refractivity contribution is 9.10. The van der Waals surface area contributed by atoms with Gasteiger partial charge in [-0.3, -0.25) is 9.59 Å². The molecular weight excluding hydrogens is 348 g/mol. The first-order chi connectivity index (χ1) is 10.6. The first kappa shape index (κ1) is 12.8. The minimum atomic E-state index is -0.202. The van der Waals surface area contributed by atoms with Gasteiger partial charge in [-0.2, -0.15) is 10.1 Å². The van der Waals surface area contributed by atoms with Crippen LogP contribution in [0.25, 0.3) is 0 Å². The topological polar surface area (TPSA) is 62.9 Å². The third-order valence-electron chi connectivity index (χ3n) is 5.53. The van der Waals surface area contributed by atoms with Crippen molar-refractivity contribution in [3.63, 3.8) is 0 Å². The van der Waals surface area contributed by atoms with E-state index in [4.69, 9.17) is 4.42 Å². The quantitative estimate of drug-likeness (QED) is 0.462. The van der Waals surface area contributed by atoms with E-state index in [1.54, 1.807) is 12.1 Å². The summed E-state index contributed by atoms with van der Waals surface area (Å²) in [6, 6.07) is 3.47. The molecule has 1 aliphatic heterocycles. The molecule has 6 heteroatoms. The molecule has 0 spiro atoms. The van der Waals surface area contributed by atoms with E-state index < -0.39 is 0 Å². The van der Waals surface area contributed by atoms with Crippen molar-refractivity contribution >= 4 is 34.0 Å². The Hall–Kier alpha value is -1.69. The van der Waals surface area contributed by atoms with Crippen molar-refractivity contribution in [3.8, 4) is 0 Å². The van der Waals surface area contributed by atoms with Gasteiger partial charge in [0.25, 0.3) is 11.8 Å². The van der Waals surface area contributed by atoms with Crippen LogP contribution in [-0.4, -0.2) is 23.0 Å². The van der Waals surface area contributed by atoms with Gasteiger partial charge >= 0.3 is 0 Å². The first-order valence-electron chi connectivity index (χ1n) is 7.50. The molecule has 6 atom stereocenters. The number of carbonyl (C=O) groups excluding carboxylic acids is 2. The standard InChI is InChI=1S/C16H13BrN2O3/c17-12-4-1-7(22-12)6-18-19-15(20)13-8-2-3-9(11-5-10(8)11)14(13)16(19)21/h1-4,6,8-11,13-14H,5H2/b18-6+. The normalized spacial score (nSPS) is 41.4. The molecule has 0 N–H and O–H groups in total. The number of allylic oxidation sites excluding steroid dienone is 2. The Kier molecular flexibility index (Phi) is 2.44. The van der Waals surface area contributed by atoms with E-state index in [9.17, 15) is 9.59 Å². The van der Waals surface area contributed by atoms with Gasteiger partial charge in [-0.25, -0.2) is 0 Å². The highest BCUT2D eigenvalue weighted by atomic mass is 79.9. The zero-order chi connectivity index (χ0) is 15.0. The van der Waals surface area contributed by atoms with Crippen LogP contribution in [0.15, 0.2) is 38.5 Å². The van der Waals surface area contributed by atoms with Gasteiger partial charge in [0.05, 0.1) is 18.1 Å². The van der Waals surface area contributed by atoms with Crippen LogP contribution < -0.4 is 0 Å². The van der Waals surface area contributed by atoms with Crippen molar-refractivity contribution in [2.24, 2.45) is 40.6 Å². The van der Waals surface area contributed by atoms with Crippen LogP contribution in [0.5, 0.6) is 0 Å². The van der Waals surface area contributed by atoms with Crippen LogP contribution in [0.1, 0.15) is 12.2 Å². The third kappa shape index (κ3) is 1.56. The fourth-order valence-electron chi connectivity index (χ4n) is 4.57. The maximum atomic E-state index is 12.6. The average molecular weight is 361 g/mol. The van der Waals surface area contributed by atoms with E-state index in [0.29, 0.717) is 22.3 Å². The second kappa shape index (κ2) is 4.19. The fourth-order valence-corrected chi connectivity index (χ4v) is 4.89. The molecule has 2 heterocycles. The molecule has 0 aromatic carbocycles. The van der Waals surface area contributed by atoms with E-state index in [2.05, 4.69) is 33.2 Å². The minimum absolute atomic E-state index is 0.151. The lowest BCUT2D eigenvalue weighted by molar-refractivity contribution is -0.140. The average Bonchev–Trinajstić information content (AvgIpc) is 3.19. The van der Waals surface area contributed by atoms with Gasteiger partial charge in [0.2, 0.25) is 0 Å². The number of nitrogens with zero attached hydrogens (tertiary/aromatic N) is 2. The summed E-state index contributed by atoms with van der Waals surface area (Å²) < 4.78 is 5.90. The van der Waals surface area contributed by atoms with Crippen LogP contribution in [-0.2, 0) is 9.59 Å². The number of imide groups is 1. The van der Waals surface area contributed by atoms with E-state index in [0.717, 1.165) is 5.01 Å². The summed E-state index contributed by atoms with van der Waals surface area (Å²) in [5, 5.41) is 5.16. The lowest BCUT2D eigenvalue weighted by Gasteiger charge is -2.37. The summed E-state index contributed by atoms with van der Waals surface area (Å²) in [6.07, 6.45) is 6.90. The summed E-state index contributed by atoms with van der Waals surface area (Å²) >= 11 is 3.21. The number of hydrogen-bond donors (Lipinski definition) is 0. The second-order valence-corrected chi connectivity index (χ2v) is 7.31. The molecule has 3 fully saturated rings. The maximum Gasteiger partial charge on any atom is 0.254 e. The summed E-state index contributed by atoms with van der Waals surface area (Å²) in [6.45, 7) is 0. The molecule has 2 saturated carbocycles. The molecule has 6 unspecified atom stereocenters. The Morgan fingerprint density at radius 2 is 1.77 bits per heavy atom. The van der Waals surface area contributed by atoms with Crippen LogP contribution in [0.3, 0.4) is 0 Å². The molecule has 0 radical (unpaired) electrons. The molecule has 5 nitrogen and oxygen atoms in total. The molecule has 1 aromatic heterocycles. The molecule has 4 aliphatic carbocycles. The van der Waals surface area contributed by atoms with Gasteiger partial charge in [0, 0.05) is 0 Å². The van der Waals surface area contributed by atoms with Crippen molar-refractivity contribution < 1.29 is 14.0 Å². The third-order valence-corrected chi connectivity index (χ3v) is 5.96. The Bertz CT molecular complexity index is 716. The van der Waals surface area contributed by atoms with Crippen molar-refractivity contribution in [3.05, 3.63) is 34.7 Å². The predicted molar refractivity (Wildman–Crippen MR) is 80.6 cm³/mol. The van der Waals surface area contributed by atoms with Gasteiger partial charge in [-0.15, -0.1) is 0 Å². The molecule has 5 aliphatic rings. The van der Waals surface area contributed by atoms with Crippen LogP contribution >= 0.6 is 15.9 Å². The number of furan rings is 1. The summed E-state index contributed by atoms with van der Waals surface area (Å²) in [5.74, 6) is 1.48. The number of rotatable bonds is 2. The largest absolute Gasteiger partial charge is 0.448 e. The molecule has 112 valence electrons. The fraction of sp³-hybridized carbons (Fsp3) is 0.438. The van der Waals surface area contributed by atoms with Crippen LogP contribution in [0.4, 0.5) is 0 Å². The van der Waals surface area contributed by atoms with Crippen molar-refractivity contribution in [1.29, 1.82) is 0 Å². The van der Waals surface area contributed by atoms with Crippen molar-refractivity contribution in [2.45, 2.75) is 6.42 Å². The SMILES string of the molecule is O=C1C2C3C=CC(C4CC34)C2C(=O)N1/N=C/c1ccc(Br)o1. The van der Waals surface area contributed by atoms with Gasteiger partial charge in [-0.05, 0) is 58.2 Å². The molecule has 2 amide bonds. The first-order valence-corrected chi connectivity index (χ1v) is 8.30. The zero-order valence-electron chi connectivity index (χ0n) is 11.6. The predicted octanol–water partition coefficient (Wildman–Crippen LogP) is 2.43. The van der Waals surface area contributed by atoms with Crippen LogP contribution in [0, 0.1) is 35.5 Å². The molecule has 2 bridgehead atoms. The van der Waals surface area contributed by atoms with E-state index in [1.807, 2.05) is 0 Å². The Morgan fingerprint density at radius 1 is 1.14 bits per heavy atom. The second-order valence-electron chi connectivity index (χ2n) is 6.53. The number of amides is 2. The molecule has 22 heavy (non-hydrogen) atoms. The number of halogens is 1. The summed E-state index contributed by atoms with van der Waals surface area (Å²) in [7, 11) is 0. The summed E-state index contributed by atoms with van der Waals surface area (Å²) in [4.78, 5) is 25.3. The molecular formula is C16H13BrN2O3. The van der Waals surface area contributed by atoms with Gasteiger partial charge in [-0.1, -0.05) is 12.2 Å². The molecule has 6 rings (SSSR count). The van der Waals surface area contributed by atoms with Gasteiger partial charge in [0.1, 0.15) is 5.76 Å². The van der Waals surface area contributed by atoms with Crippen molar-refractivity contribution in [2.75, 3.05) is 0 Å². The lowest BCUT2D eigenvalue weighted by atomic mass is 9.63. The number of carbonyl (C=O) groups is 2. The molecule has 1 saturated heterocycles. The zero-order valence-corrected chi connectivity index (χ0v) is 13.1. The smallest absolute Gasteiger partial charge is 0.254 e. The Labute approximate surface area is 135 Å². The van der Waals surface area contributed by atoms with Gasteiger partial charge in [0.15, 0.2) is 4.67 Å². The Balaban J connectivity index is 1.46. The van der Waals surface area contributed by atoms with Crippen LogP contribution in [0.2, 0.25) is 0 Å². The Morgan fingerprint density at radius 3 is 2.32 bits per heavy atom. The van der Waals surface area contributed by atoms with E-state index in [-0.39, 0.29) is 35.5 Å². The monoisotopic (exact) mass is 360 g/mol. The van der Waals surface area contributed by atoms with Crippen molar-refractivity contribution in [1.82, 2.24) is 5.01 Å². The minimum Gasteiger partial charge on any atom is -0.448 e. The highest BCUT2D eigenvalue weighted by Crippen LogP contribution is 2.65. The number of hydrogen-bond acceptors (Lipinski definition) is 4. The lowest BCUT2D eigenvalue weighted by Crippen LogP contribution is -2.40. The molecule has 1 aromatic rings. The highest BCUT2D eigenvalue weighted by Gasteiger charge is 2.67. The van der Waals surface area contributed by atoms with E-state index in [1.165, 1.54) is 12.6 Å². The summed E-state index contributed by atoms with van der Waals surface area (Å²) in [5.41, 5.74) is 0. The maximum absolute atomic E-state index is 12.6.